The highest BCUT2D eigenvalue weighted by molar-refractivity contribution is 6.31. The van der Waals surface area contributed by atoms with Crippen LogP contribution in [0.5, 0.6) is 0 Å². The fourth-order valence-electron chi connectivity index (χ4n) is 1.53. The average molecular weight is 316 g/mol. The summed E-state index contributed by atoms with van der Waals surface area (Å²) in [7, 11) is 0. The van der Waals surface area contributed by atoms with Gasteiger partial charge in [-0.2, -0.15) is 22.0 Å². The van der Waals surface area contributed by atoms with E-state index in [1.165, 1.54) is 0 Å². The molecule has 1 aromatic rings. The van der Waals surface area contributed by atoms with E-state index in [1.54, 1.807) is 0 Å². The molecule has 0 heterocycles. The molecule has 110 valence electrons. The van der Waals surface area contributed by atoms with Crippen molar-refractivity contribution in [1.29, 1.82) is 0 Å². The maximum absolute atomic E-state index is 13.7. The maximum atomic E-state index is 13.7. The first-order chi connectivity index (χ1) is 9.14. The van der Waals surface area contributed by atoms with Crippen LogP contribution in [0.1, 0.15) is 18.4 Å². The Balaban J connectivity index is 2.57. The molecule has 8 heteroatoms. The van der Waals surface area contributed by atoms with Crippen LogP contribution in [-0.2, 0) is 0 Å². The molecule has 2 rings (SSSR count). The molecule has 0 unspecified atom stereocenters. The van der Waals surface area contributed by atoms with Gasteiger partial charge in [-0.05, 0) is 25.0 Å². The zero-order valence-electron chi connectivity index (χ0n) is 9.82. The van der Waals surface area contributed by atoms with Crippen LogP contribution in [0, 0.1) is 5.82 Å². The SMILES string of the molecule is Fc1c(Cl)cccc1C(=NC1CC1)C(F)(F)C(F)(F)F. The summed E-state index contributed by atoms with van der Waals surface area (Å²) in [6.07, 6.45) is -5.05. The van der Waals surface area contributed by atoms with Crippen LogP contribution >= 0.6 is 11.6 Å². The molecule has 0 N–H and O–H groups in total. The van der Waals surface area contributed by atoms with Crippen LogP contribution in [0.15, 0.2) is 23.2 Å². The summed E-state index contributed by atoms with van der Waals surface area (Å²) in [5, 5.41) is -0.538. The van der Waals surface area contributed by atoms with E-state index in [9.17, 15) is 26.3 Å². The first-order valence-corrected chi connectivity index (χ1v) is 5.99. The Hall–Kier alpha value is -1.24. The molecule has 1 saturated carbocycles. The Morgan fingerprint density at radius 3 is 2.25 bits per heavy atom. The minimum Gasteiger partial charge on any atom is -0.279 e. The van der Waals surface area contributed by atoms with Gasteiger partial charge in [0.15, 0.2) is 5.82 Å². The van der Waals surface area contributed by atoms with Crippen molar-refractivity contribution in [3.63, 3.8) is 0 Å². The Bertz CT molecular complexity index is 547. The van der Waals surface area contributed by atoms with Crippen molar-refractivity contribution < 1.29 is 26.3 Å². The fourth-order valence-corrected chi connectivity index (χ4v) is 1.70. The number of hydrogen-bond acceptors (Lipinski definition) is 1. The third-order valence-corrected chi connectivity index (χ3v) is 3.01. The number of nitrogens with zero attached hydrogens (tertiary/aromatic N) is 1. The van der Waals surface area contributed by atoms with Crippen LogP contribution in [0.3, 0.4) is 0 Å². The van der Waals surface area contributed by atoms with E-state index in [0.29, 0.717) is 12.8 Å². The van der Waals surface area contributed by atoms with Gasteiger partial charge in [0.25, 0.3) is 0 Å². The molecule has 0 atom stereocenters. The second-order valence-corrected chi connectivity index (χ2v) is 4.79. The summed E-state index contributed by atoms with van der Waals surface area (Å²) in [6.45, 7) is 0. The molecule has 1 aromatic carbocycles. The Morgan fingerprint density at radius 2 is 1.75 bits per heavy atom. The number of rotatable bonds is 3. The molecule has 1 aliphatic carbocycles. The normalized spacial score (nSPS) is 17.4. The molecule has 1 aliphatic rings. The largest absolute Gasteiger partial charge is 0.459 e. The lowest BCUT2D eigenvalue weighted by molar-refractivity contribution is -0.249. The molecular weight excluding hydrogens is 308 g/mol. The van der Waals surface area contributed by atoms with Gasteiger partial charge in [0.2, 0.25) is 0 Å². The predicted octanol–water partition coefficient (Wildman–Crippen LogP) is 4.63. The number of hydrogen-bond donors (Lipinski definition) is 0. The summed E-state index contributed by atoms with van der Waals surface area (Å²) in [6, 6.07) is 2.33. The molecule has 0 aliphatic heterocycles. The van der Waals surface area contributed by atoms with Crippen molar-refractivity contribution in [1.82, 2.24) is 0 Å². The number of benzene rings is 1. The number of alkyl halides is 5. The molecule has 20 heavy (non-hydrogen) atoms. The van der Waals surface area contributed by atoms with Gasteiger partial charge in [-0.1, -0.05) is 17.7 Å². The van der Waals surface area contributed by atoms with Gasteiger partial charge in [-0.25, -0.2) is 4.39 Å². The highest BCUT2D eigenvalue weighted by atomic mass is 35.5. The van der Waals surface area contributed by atoms with E-state index in [0.717, 1.165) is 18.2 Å². The first-order valence-electron chi connectivity index (χ1n) is 5.62. The lowest BCUT2D eigenvalue weighted by atomic mass is 10.0. The van der Waals surface area contributed by atoms with E-state index < -0.39 is 40.3 Å². The van der Waals surface area contributed by atoms with E-state index in [1.807, 2.05) is 0 Å². The molecule has 0 aromatic heterocycles. The minimum atomic E-state index is -5.85. The average Bonchev–Trinajstić information content (AvgIpc) is 3.12. The van der Waals surface area contributed by atoms with Crippen molar-refractivity contribution in [2.24, 2.45) is 4.99 Å². The quantitative estimate of drug-likeness (QED) is 0.570. The molecule has 0 bridgehead atoms. The summed E-state index contributed by atoms with van der Waals surface area (Å²) >= 11 is 5.42. The van der Waals surface area contributed by atoms with Crippen LogP contribution in [0.4, 0.5) is 26.3 Å². The lowest BCUT2D eigenvalue weighted by Crippen LogP contribution is -2.45. The summed E-state index contributed by atoms with van der Waals surface area (Å²) in [4.78, 5) is 3.35. The molecule has 0 saturated heterocycles. The Morgan fingerprint density at radius 1 is 1.15 bits per heavy atom. The van der Waals surface area contributed by atoms with Gasteiger partial charge < -0.3 is 0 Å². The monoisotopic (exact) mass is 315 g/mol. The minimum absolute atomic E-state index is 0.402. The van der Waals surface area contributed by atoms with Gasteiger partial charge in [0.1, 0.15) is 5.71 Å². The van der Waals surface area contributed by atoms with E-state index in [2.05, 4.69) is 4.99 Å². The fraction of sp³-hybridized carbons (Fsp3) is 0.417. The van der Waals surface area contributed by atoms with Gasteiger partial charge in [-0.15, -0.1) is 0 Å². The standard InChI is InChI=1S/C12H8ClF6N/c13-8-3-1-2-7(9(8)14)10(20-6-4-5-6)11(15,16)12(17,18)19/h1-3,6H,4-5H2. The van der Waals surface area contributed by atoms with Crippen molar-refractivity contribution in [2.45, 2.75) is 31.0 Å². The van der Waals surface area contributed by atoms with Gasteiger partial charge >= 0.3 is 12.1 Å². The van der Waals surface area contributed by atoms with Crippen molar-refractivity contribution in [3.05, 3.63) is 34.6 Å². The molecule has 0 amide bonds. The van der Waals surface area contributed by atoms with Crippen molar-refractivity contribution in [2.75, 3.05) is 0 Å². The van der Waals surface area contributed by atoms with Crippen LogP contribution in [0.25, 0.3) is 0 Å². The van der Waals surface area contributed by atoms with Crippen LogP contribution in [0.2, 0.25) is 5.02 Å². The second kappa shape index (κ2) is 4.95. The van der Waals surface area contributed by atoms with E-state index in [4.69, 9.17) is 11.6 Å². The molecule has 1 fully saturated rings. The smallest absolute Gasteiger partial charge is 0.279 e. The summed E-state index contributed by atoms with van der Waals surface area (Å²) in [5.41, 5.74) is -2.54. The zero-order valence-corrected chi connectivity index (χ0v) is 10.6. The van der Waals surface area contributed by atoms with Crippen LogP contribution < -0.4 is 0 Å². The molecule has 0 radical (unpaired) electrons. The first kappa shape index (κ1) is 15.2. The Kier molecular flexibility index (Phi) is 3.75. The van der Waals surface area contributed by atoms with Gasteiger partial charge in [-0.3, -0.25) is 4.99 Å². The number of aliphatic imine (C=N–C) groups is 1. The Labute approximate surface area is 115 Å². The summed E-state index contributed by atoms with van der Waals surface area (Å²) in [5.74, 6) is -6.57. The lowest BCUT2D eigenvalue weighted by Gasteiger charge is -2.22. The molecular formula is C12H8ClF6N. The third kappa shape index (κ3) is 2.77. The highest BCUT2D eigenvalue weighted by Gasteiger charge is 2.62. The van der Waals surface area contributed by atoms with E-state index in [-0.39, 0.29) is 0 Å². The van der Waals surface area contributed by atoms with E-state index >= 15 is 0 Å². The third-order valence-electron chi connectivity index (χ3n) is 2.72. The zero-order chi connectivity index (χ0) is 15.1. The molecule has 0 spiro atoms. The van der Waals surface area contributed by atoms with Gasteiger partial charge in [0.05, 0.1) is 11.1 Å². The summed E-state index contributed by atoms with van der Waals surface area (Å²) < 4.78 is 78.2. The van der Waals surface area contributed by atoms with Crippen molar-refractivity contribution in [3.8, 4) is 0 Å². The van der Waals surface area contributed by atoms with Crippen LogP contribution in [-0.4, -0.2) is 23.9 Å². The number of halogens is 7. The van der Waals surface area contributed by atoms with Crippen molar-refractivity contribution >= 4 is 17.3 Å². The second-order valence-electron chi connectivity index (χ2n) is 4.38. The predicted molar refractivity (Wildman–Crippen MR) is 62.0 cm³/mol. The van der Waals surface area contributed by atoms with Gasteiger partial charge in [0, 0.05) is 5.56 Å². The molecule has 1 nitrogen and oxygen atoms in total. The maximum Gasteiger partial charge on any atom is 0.459 e. The highest BCUT2D eigenvalue weighted by Crippen LogP contribution is 2.41. The topological polar surface area (TPSA) is 12.4 Å².